The summed E-state index contributed by atoms with van der Waals surface area (Å²) in [5, 5.41) is 0. The Hall–Kier alpha value is -0.330. The molecular formula is C9H14O. The normalized spacial score (nSPS) is 46.1. The van der Waals surface area contributed by atoms with Gasteiger partial charge in [-0.1, -0.05) is 6.92 Å². The van der Waals surface area contributed by atoms with Crippen LogP contribution in [0.3, 0.4) is 0 Å². The zero-order valence-corrected chi connectivity index (χ0v) is 6.47. The third-order valence-corrected chi connectivity index (χ3v) is 3.39. The molecule has 0 bridgehead atoms. The van der Waals surface area contributed by atoms with Gasteiger partial charge in [-0.15, -0.1) is 0 Å². The summed E-state index contributed by atoms with van der Waals surface area (Å²) in [4.78, 5) is 11.2. The summed E-state index contributed by atoms with van der Waals surface area (Å²) >= 11 is 0. The van der Waals surface area contributed by atoms with E-state index in [1.807, 2.05) is 0 Å². The van der Waals surface area contributed by atoms with Crippen LogP contribution in [-0.4, -0.2) is 5.78 Å². The molecule has 3 atom stereocenters. The van der Waals surface area contributed by atoms with Gasteiger partial charge in [-0.05, 0) is 31.1 Å². The molecule has 2 saturated carbocycles. The smallest absolute Gasteiger partial charge is 0.135 e. The highest BCUT2D eigenvalue weighted by molar-refractivity contribution is 5.81. The van der Waals surface area contributed by atoms with E-state index >= 15 is 0 Å². The van der Waals surface area contributed by atoms with Gasteiger partial charge in [-0.3, -0.25) is 4.79 Å². The van der Waals surface area contributed by atoms with Crippen LogP contribution >= 0.6 is 0 Å². The predicted molar refractivity (Wildman–Crippen MR) is 39.6 cm³/mol. The van der Waals surface area contributed by atoms with Crippen LogP contribution in [0.2, 0.25) is 0 Å². The molecule has 0 amide bonds. The minimum absolute atomic E-state index is 0.396. The highest BCUT2D eigenvalue weighted by Crippen LogP contribution is 2.46. The summed E-state index contributed by atoms with van der Waals surface area (Å²) in [6, 6.07) is 0. The van der Waals surface area contributed by atoms with Gasteiger partial charge in [0.15, 0.2) is 0 Å². The Kier molecular flexibility index (Phi) is 1.33. The van der Waals surface area contributed by atoms with Crippen LogP contribution in [0.5, 0.6) is 0 Å². The maximum Gasteiger partial charge on any atom is 0.135 e. The first-order valence-electron chi connectivity index (χ1n) is 4.32. The van der Waals surface area contributed by atoms with Gasteiger partial charge >= 0.3 is 0 Å². The average Bonchev–Trinajstić information content (AvgIpc) is 1.82. The van der Waals surface area contributed by atoms with Crippen molar-refractivity contribution in [2.75, 3.05) is 0 Å². The van der Waals surface area contributed by atoms with Crippen molar-refractivity contribution in [1.29, 1.82) is 0 Å². The number of rotatable bonds is 0. The second-order valence-electron chi connectivity index (χ2n) is 3.79. The van der Waals surface area contributed by atoms with Crippen molar-refractivity contribution in [2.24, 2.45) is 17.8 Å². The lowest BCUT2D eigenvalue weighted by Gasteiger charge is -2.43. The molecule has 0 aromatic heterocycles. The topological polar surface area (TPSA) is 17.1 Å². The molecule has 0 aromatic rings. The monoisotopic (exact) mass is 138 g/mol. The quantitative estimate of drug-likeness (QED) is 0.500. The molecule has 0 aliphatic heterocycles. The van der Waals surface area contributed by atoms with Crippen LogP contribution < -0.4 is 0 Å². The summed E-state index contributed by atoms with van der Waals surface area (Å²) in [6.45, 7) is 2.11. The molecule has 10 heavy (non-hydrogen) atoms. The van der Waals surface area contributed by atoms with Crippen molar-refractivity contribution in [3.63, 3.8) is 0 Å². The Labute approximate surface area is 61.8 Å². The van der Waals surface area contributed by atoms with Gasteiger partial charge < -0.3 is 0 Å². The molecule has 2 aliphatic rings. The third kappa shape index (κ3) is 0.727. The van der Waals surface area contributed by atoms with E-state index in [4.69, 9.17) is 0 Å². The fourth-order valence-electron chi connectivity index (χ4n) is 2.41. The second kappa shape index (κ2) is 2.08. The van der Waals surface area contributed by atoms with E-state index in [1.165, 1.54) is 19.3 Å². The van der Waals surface area contributed by atoms with Crippen molar-refractivity contribution >= 4 is 5.78 Å². The van der Waals surface area contributed by atoms with E-state index in [9.17, 15) is 4.79 Å². The molecule has 56 valence electrons. The van der Waals surface area contributed by atoms with Gasteiger partial charge in [-0.25, -0.2) is 0 Å². The van der Waals surface area contributed by atoms with E-state index < -0.39 is 0 Å². The molecule has 2 fully saturated rings. The molecule has 0 unspecified atom stereocenters. The van der Waals surface area contributed by atoms with Crippen molar-refractivity contribution in [2.45, 2.75) is 32.6 Å². The maximum absolute atomic E-state index is 11.2. The van der Waals surface area contributed by atoms with Gasteiger partial charge in [0.1, 0.15) is 5.78 Å². The Morgan fingerprint density at radius 3 is 2.60 bits per heavy atom. The fraction of sp³-hybridized carbons (Fsp3) is 0.889. The van der Waals surface area contributed by atoms with Gasteiger partial charge in [0.25, 0.3) is 0 Å². The van der Waals surface area contributed by atoms with E-state index in [0.29, 0.717) is 11.7 Å². The second-order valence-corrected chi connectivity index (χ2v) is 3.79. The number of hydrogen-bond acceptors (Lipinski definition) is 1. The van der Waals surface area contributed by atoms with Crippen molar-refractivity contribution < 1.29 is 4.79 Å². The molecule has 0 radical (unpaired) electrons. The average molecular weight is 138 g/mol. The lowest BCUT2D eigenvalue weighted by Crippen LogP contribution is -2.39. The number of carbonyl (C=O) groups is 1. The van der Waals surface area contributed by atoms with Gasteiger partial charge in [0, 0.05) is 12.3 Å². The molecule has 1 nitrogen and oxygen atoms in total. The zero-order valence-electron chi connectivity index (χ0n) is 6.47. The fourth-order valence-corrected chi connectivity index (χ4v) is 2.41. The molecule has 0 heterocycles. The van der Waals surface area contributed by atoms with Gasteiger partial charge in [0.2, 0.25) is 0 Å². The van der Waals surface area contributed by atoms with E-state index in [-0.39, 0.29) is 0 Å². The number of fused-ring (bicyclic) bond motifs is 1. The van der Waals surface area contributed by atoms with Crippen LogP contribution in [0, 0.1) is 17.8 Å². The van der Waals surface area contributed by atoms with Crippen LogP contribution in [0.1, 0.15) is 32.6 Å². The number of ketones is 1. The van der Waals surface area contributed by atoms with Crippen LogP contribution in [0.15, 0.2) is 0 Å². The Morgan fingerprint density at radius 1 is 1.30 bits per heavy atom. The Bertz CT molecular complexity index is 162. The highest BCUT2D eigenvalue weighted by atomic mass is 16.1. The first-order chi connectivity index (χ1) is 4.79. The molecule has 0 aromatic carbocycles. The van der Waals surface area contributed by atoms with E-state index in [2.05, 4.69) is 6.92 Å². The minimum Gasteiger partial charge on any atom is -0.299 e. The molecular weight excluding hydrogens is 124 g/mol. The molecule has 1 heteroatoms. The lowest BCUT2D eigenvalue weighted by molar-refractivity contribution is -0.130. The number of Topliss-reactive ketones (excluding diaryl/α,β-unsaturated/α-hetero) is 1. The summed E-state index contributed by atoms with van der Waals surface area (Å²) in [7, 11) is 0. The van der Waals surface area contributed by atoms with Crippen molar-refractivity contribution in [3.8, 4) is 0 Å². The van der Waals surface area contributed by atoms with Gasteiger partial charge in [-0.2, -0.15) is 0 Å². The van der Waals surface area contributed by atoms with E-state index in [1.54, 1.807) is 0 Å². The summed E-state index contributed by atoms with van der Waals surface area (Å²) in [5.74, 6) is 2.61. The molecule has 0 spiro atoms. The summed E-state index contributed by atoms with van der Waals surface area (Å²) in [5.41, 5.74) is 0. The molecule has 2 rings (SSSR count). The minimum atomic E-state index is 0.396. The lowest BCUT2D eigenvalue weighted by atomic mass is 9.61. The number of carbonyl (C=O) groups excluding carboxylic acids is 1. The molecule has 0 N–H and O–H groups in total. The highest BCUT2D eigenvalue weighted by Gasteiger charge is 2.40. The van der Waals surface area contributed by atoms with Crippen LogP contribution in [-0.2, 0) is 4.79 Å². The zero-order chi connectivity index (χ0) is 7.14. The van der Waals surface area contributed by atoms with Crippen LogP contribution in [0.4, 0.5) is 0 Å². The summed E-state index contributed by atoms with van der Waals surface area (Å²) in [6.07, 6.45) is 4.76. The Morgan fingerprint density at radius 2 is 2.10 bits per heavy atom. The van der Waals surface area contributed by atoms with E-state index in [0.717, 1.165) is 18.3 Å². The first kappa shape index (κ1) is 6.38. The van der Waals surface area contributed by atoms with Crippen molar-refractivity contribution in [1.82, 2.24) is 0 Å². The Balaban J connectivity index is 2.08. The summed E-state index contributed by atoms with van der Waals surface area (Å²) < 4.78 is 0. The molecule has 2 aliphatic carbocycles. The maximum atomic E-state index is 11.2. The standard InChI is InChI=1S/C9H14O/c1-6-8-4-2-7(8)3-5-9(6)10/h6-8H,2-5H2,1H3/t6-,7+,8-/m1/s1. The SMILES string of the molecule is C[C@H]1C(=O)CC[C@@H]2CC[C@@H]21. The molecule has 0 saturated heterocycles. The van der Waals surface area contributed by atoms with Crippen molar-refractivity contribution in [3.05, 3.63) is 0 Å². The van der Waals surface area contributed by atoms with Gasteiger partial charge in [0.05, 0.1) is 0 Å². The first-order valence-corrected chi connectivity index (χ1v) is 4.32. The largest absolute Gasteiger partial charge is 0.299 e. The van der Waals surface area contributed by atoms with Crippen LogP contribution in [0.25, 0.3) is 0 Å². The third-order valence-electron chi connectivity index (χ3n) is 3.39. The number of hydrogen-bond donors (Lipinski definition) is 0. The predicted octanol–water partition coefficient (Wildman–Crippen LogP) is 2.01.